The van der Waals surface area contributed by atoms with Crippen molar-refractivity contribution in [2.75, 3.05) is 38.7 Å². The standard InChI is InChI=1S/C24H29N5O2/c1-28-23(20(15-25-28)18-9-5-3-6-10-18)27-24(30)26-22-17-29(13-14-31-2)16-21(22)19-11-7-4-8-12-19/h3-12,15,21-22H,13-14,16-17H2,1-2H3,(H2,26,27,30)/t21?,22-/m1/s1. The summed E-state index contributed by atoms with van der Waals surface area (Å²) in [5.74, 6) is 0.901. The van der Waals surface area contributed by atoms with Crippen molar-refractivity contribution in [3.05, 3.63) is 72.4 Å². The lowest BCUT2D eigenvalue weighted by molar-refractivity contribution is 0.159. The van der Waals surface area contributed by atoms with Gasteiger partial charge in [-0.1, -0.05) is 60.7 Å². The Kier molecular flexibility index (Phi) is 6.64. The minimum Gasteiger partial charge on any atom is -0.383 e. The molecule has 1 unspecified atom stereocenters. The fourth-order valence-corrected chi connectivity index (χ4v) is 4.20. The molecule has 1 saturated heterocycles. The van der Waals surface area contributed by atoms with Crippen molar-refractivity contribution in [1.29, 1.82) is 0 Å². The van der Waals surface area contributed by atoms with Crippen molar-refractivity contribution in [2.45, 2.75) is 12.0 Å². The predicted molar refractivity (Wildman–Crippen MR) is 122 cm³/mol. The molecule has 4 rings (SSSR count). The third-order valence-corrected chi connectivity index (χ3v) is 5.81. The first-order chi connectivity index (χ1) is 15.2. The van der Waals surface area contributed by atoms with Gasteiger partial charge in [-0.2, -0.15) is 5.10 Å². The molecule has 2 heterocycles. The number of nitrogens with zero attached hydrogens (tertiary/aromatic N) is 3. The normalized spacial score (nSPS) is 18.8. The van der Waals surface area contributed by atoms with Gasteiger partial charge in [-0.25, -0.2) is 4.79 Å². The summed E-state index contributed by atoms with van der Waals surface area (Å²) in [5.41, 5.74) is 3.14. The van der Waals surface area contributed by atoms with Crippen molar-refractivity contribution in [3.63, 3.8) is 0 Å². The second-order valence-corrected chi connectivity index (χ2v) is 7.87. The lowest BCUT2D eigenvalue weighted by Gasteiger charge is -2.21. The monoisotopic (exact) mass is 419 g/mol. The minimum atomic E-state index is -0.222. The first-order valence-corrected chi connectivity index (χ1v) is 10.6. The highest BCUT2D eigenvalue weighted by molar-refractivity contribution is 5.93. The van der Waals surface area contributed by atoms with Crippen LogP contribution in [0.15, 0.2) is 66.9 Å². The zero-order valence-electron chi connectivity index (χ0n) is 18.0. The molecule has 0 radical (unpaired) electrons. The highest BCUT2D eigenvalue weighted by Crippen LogP contribution is 2.29. The summed E-state index contributed by atoms with van der Waals surface area (Å²) in [6, 6.07) is 20.1. The molecule has 2 amide bonds. The molecule has 0 bridgehead atoms. The first kappa shape index (κ1) is 21.1. The van der Waals surface area contributed by atoms with Crippen LogP contribution in [0.2, 0.25) is 0 Å². The summed E-state index contributed by atoms with van der Waals surface area (Å²) in [6.45, 7) is 3.20. The number of anilines is 1. The van der Waals surface area contributed by atoms with Crippen molar-refractivity contribution >= 4 is 11.8 Å². The van der Waals surface area contributed by atoms with E-state index in [1.54, 1.807) is 18.0 Å². The van der Waals surface area contributed by atoms with E-state index in [9.17, 15) is 4.79 Å². The van der Waals surface area contributed by atoms with E-state index >= 15 is 0 Å². The van der Waals surface area contributed by atoms with E-state index in [0.717, 1.165) is 30.8 Å². The van der Waals surface area contributed by atoms with Crippen LogP contribution in [-0.4, -0.2) is 60.1 Å². The maximum atomic E-state index is 13.0. The van der Waals surface area contributed by atoms with Gasteiger partial charge in [-0.05, 0) is 11.1 Å². The number of aryl methyl sites for hydroxylation is 1. The maximum absolute atomic E-state index is 13.0. The number of hydrogen-bond donors (Lipinski definition) is 2. The first-order valence-electron chi connectivity index (χ1n) is 10.6. The van der Waals surface area contributed by atoms with Crippen molar-refractivity contribution in [2.24, 2.45) is 7.05 Å². The van der Waals surface area contributed by atoms with Crippen LogP contribution in [-0.2, 0) is 11.8 Å². The molecule has 0 spiro atoms. The van der Waals surface area contributed by atoms with Crippen LogP contribution in [0.25, 0.3) is 11.1 Å². The molecule has 162 valence electrons. The predicted octanol–water partition coefficient (Wildman–Crippen LogP) is 3.32. The molecule has 7 heteroatoms. The number of amides is 2. The molecule has 0 saturated carbocycles. The van der Waals surface area contributed by atoms with E-state index in [1.165, 1.54) is 5.56 Å². The van der Waals surface area contributed by atoms with E-state index < -0.39 is 0 Å². The third-order valence-electron chi connectivity index (χ3n) is 5.81. The average Bonchev–Trinajstić information content (AvgIpc) is 3.37. The van der Waals surface area contributed by atoms with E-state index in [4.69, 9.17) is 4.74 Å². The second-order valence-electron chi connectivity index (χ2n) is 7.87. The zero-order valence-corrected chi connectivity index (χ0v) is 18.0. The number of likely N-dealkylation sites (tertiary alicyclic amines) is 1. The Morgan fingerprint density at radius 1 is 1.10 bits per heavy atom. The summed E-state index contributed by atoms with van der Waals surface area (Å²) in [7, 11) is 3.54. The zero-order chi connectivity index (χ0) is 21.6. The number of rotatable bonds is 7. The lowest BCUT2D eigenvalue weighted by atomic mass is 9.94. The van der Waals surface area contributed by atoms with Crippen molar-refractivity contribution < 1.29 is 9.53 Å². The molecule has 2 N–H and O–H groups in total. The number of carbonyl (C=O) groups is 1. The minimum absolute atomic E-state index is 0.00709. The van der Waals surface area contributed by atoms with E-state index in [1.807, 2.05) is 55.6 Å². The largest absolute Gasteiger partial charge is 0.383 e. The fourth-order valence-electron chi connectivity index (χ4n) is 4.20. The van der Waals surface area contributed by atoms with E-state index in [-0.39, 0.29) is 18.0 Å². The molecule has 31 heavy (non-hydrogen) atoms. The topological polar surface area (TPSA) is 71.4 Å². The Morgan fingerprint density at radius 3 is 2.52 bits per heavy atom. The van der Waals surface area contributed by atoms with Gasteiger partial charge in [0, 0.05) is 45.3 Å². The van der Waals surface area contributed by atoms with Gasteiger partial charge in [0.25, 0.3) is 0 Å². The van der Waals surface area contributed by atoms with Crippen LogP contribution >= 0.6 is 0 Å². The highest BCUT2D eigenvalue weighted by atomic mass is 16.5. The third kappa shape index (κ3) is 4.95. The number of benzene rings is 2. The molecule has 3 aromatic rings. The number of ether oxygens (including phenoxy) is 1. The Hall–Kier alpha value is -3.16. The molecule has 2 atom stereocenters. The summed E-state index contributed by atoms with van der Waals surface area (Å²) in [5, 5.41) is 10.6. The summed E-state index contributed by atoms with van der Waals surface area (Å²) in [4.78, 5) is 15.3. The van der Waals surface area contributed by atoms with Crippen LogP contribution in [0.4, 0.5) is 10.6 Å². The number of carbonyl (C=O) groups excluding carboxylic acids is 1. The van der Waals surface area contributed by atoms with Gasteiger partial charge in [0.15, 0.2) is 0 Å². The van der Waals surface area contributed by atoms with Gasteiger partial charge in [-0.3, -0.25) is 14.9 Å². The molecule has 1 aromatic heterocycles. The van der Waals surface area contributed by atoms with Crippen LogP contribution in [0.1, 0.15) is 11.5 Å². The molecule has 1 aliphatic heterocycles. The van der Waals surface area contributed by atoms with Crippen LogP contribution in [0.3, 0.4) is 0 Å². The van der Waals surface area contributed by atoms with Gasteiger partial charge in [0.2, 0.25) is 0 Å². The second kappa shape index (κ2) is 9.76. The Morgan fingerprint density at radius 2 is 1.81 bits per heavy atom. The molecule has 0 aliphatic carbocycles. The van der Waals surface area contributed by atoms with Gasteiger partial charge in [0.05, 0.1) is 18.8 Å². The van der Waals surface area contributed by atoms with Gasteiger partial charge in [0.1, 0.15) is 5.82 Å². The number of methoxy groups -OCH3 is 1. The van der Waals surface area contributed by atoms with Crippen molar-refractivity contribution in [3.8, 4) is 11.1 Å². The Balaban J connectivity index is 1.49. The van der Waals surface area contributed by atoms with Crippen LogP contribution in [0, 0.1) is 0 Å². The van der Waals surface area contributed by atoms with Crippen molar-refractivity contribution in [1.82, 2.24) is 20.0 Å². The lowest BCUT2D eigenvalue weighted by Crippen LogP contribution is -2.42. The number of aromatic nitrogens is 2. The summed E-state index contributed by atoms with van der Waals surface area (Å²) < 4.78 is 6.94. The molecule has 2 aromatic carbocycles. The van der Waals surface area contributed by atoms with Crippen LogP contribution < -0.4 is 10.6 Å². The van der Waals surface area contributed by atoms with E-state index in [0.29, 0.717) is 12.4 Å². The van der Waals surface area contributed by atoms with Gasteiger partial charge in [-0.15, -0.1) is 0 Å². The number of hydrogen-bond acceptors (Lipinski definition) is 4. The molecular formula is C24H29N5O2. The molecule has 7 nitrogen and oxygen atoms in total. The highest BCUT2D eigenvalue weighted by Gasteiger charge is 2.34. The van der Waals surface area contributed by atoms with Gasteiger partial charge < -0.3 is 10.1 Å². The quantitative estimate of drug-likeness (QED) is 0.616. The molecule has 1 fully saturated rings. The smallest absolute Gasteiger partial charge is 0.320 e. The average molecular weight is 420 g/mol. The maximum Gasteiger partial charge on any atom is 0.320 e. The summed E-state index contributed by atoms with van der Waals surface area (Å²) in [6.07, 6.45) is 1.78. The molecule has 1 aliphatic rings. The fraction of sp³-hybridized carbons (Fsp3) is 0.333. The Bertz CT molecular complexity index is 990. The Labute approximate surface area is 183 Å². The summed E-state index contributed by atoms with van der Waals surface area (Å²) >= 11 is 0. The van der Waals surface area contributed by atoms with E-state index in [2.05, 4.69) is 32.8 Å². The van der Waals surface area contributed by atoms with Gasteiger partial charge >= 0.3 is 6.03 Å². The number of urea groups is 1. The molecular weight excluding hydrogens is 390 g/mol. The number of nitrogens with one attached hydrogen (secondary N) is 2. The van der Waals surface area contributed by atoms with Crippen LogP contribution in [0.5, 0.6) is 0 Å². The SMILES string of the molecule is COCCN1CC(c2ccccc2)[C@H](NC(=O)Nc2c(-c3ccccc3)cnn2C)C1.